The van der Waals surface area contributed by atoms with Gasteiger partial charge < -0.3 is 15.3 Å². The van der Waals surface area contributed by atoms with E-state index in [9.17, 15) is 9.59 Å². The number of carboxylic acids is 1. The van der Waals surface area contributed by atoms with Crippen LogP contribution in [0.5, 0.6) is 0 Å². The van der Waals surface area contributed by atoms with Crippen molar-refractivity contribution in [2.75, 3.05) is 13.1 Å². The maximum atomic E-state index is 11.9. The molecule has 3 unspecified atom stereocenters. The predicted octanol–water partition coefficient (Wildman–Crippen LogP) is 2.17. The molecule has 1 fully saturated rings. The van der Waals surface area contributed by atoms with Gasteiger partial charge in [-0.15, -0.1) is 0 Å². The Morgan fingerprint density at radius 3 is 2.37 bits per heavy atom. The van der Waals surface area contributed by atoms with Crippen molar-refractivity contribution >= 4 is 12.0 Å². The van der Waals surface area contributed by atoms with Crippen molar-refractivity contribution in [3.05, 3.63) is 0 Å². The third kappa shape index (κ3) is 4.40. The Morgan fingerprint density at radius 2 is 1.89 bits per heavy atom. The van der Waals surface area contributed by atoms with Crippen molar-refractivity contribution in [1.82, 2.24) is 10.2 Å². The van der Waals surface area contributed by atoms with Crippen LogP contribution in [0, 0.1) is 17.8 Å². The monoisotopic (exact) mass is 270 g/mol. The van der Waals surface area contributed by atoms with Gasteiger partial charge in [-0.25, -0.2) is 4.79 Å². The molecule has 3 atom stereocenters. The SMILES string of the molecule is CCC(C)CC(C)NC(=O)N1CC(C(C)C(=O)O)C1. The van der Waals surface area contributed by atoms with Crippen LogP contribution in [0.3, 0.4) is 0 Å². The molecule has 5 heteroatoms. The summed E-state index contributed by atoms with van der Waals surface area (Å²) in [6.07, 6.45) is 2.09. The molecule has 0 saturated carbocycles. The summed E-state index contributed by atoms with van der Waals surface area (Å²) in [5.41, 5.74) is 0. The zero-order chi connectivity index (χ0) is 14.6. The largest absolute Gasteiger partial charge is 0.481 e. The molecule has 2 amide bonds. The Balaban J connectivity index is 2.28. The van der Waals surface area contributed by atoms with E-state index in [1.165, 1.54) is 0 Å². The third-order valence-corrected chi connectivity index (χ3v) is 4.12. The first kappa shape index (κ1) is 15.8. The maximum Gasteiger partial charge on any atom is 0.317 e. The van der Waals surface area contributed by atoms with Gasteiger partial charge in [0.2, 0.25) is 0 Å². The summed E-state index contributed by atoms with van der Waals surface area (Å²) in [6.45, 7) is 9.14. The van der Waals surface area contributed by atoms with E-state index in [2.05, 4.69) is 19.2 Å². The second kappa shape index (κ2) is 6.78. The number of hydrogen-bond acceptors (Lipinski definition) is 2. The number of aliphatic carboxylic acids is 1. The van der Waals surface area contributed by atoms with Crippen LogP contribution in [0.4, 0.5) is 4.79 Å². The van der Waals surface area contributed by atoms with E-state index in [-0.39, 0.29) is 23.9 Å². The van der Waals surface area contributed by atoms with Gasteiger partial charge in [-0.05, 0) is 19.3 Å². The van der Waals surface area contributed by atoms with E-state index in [4.69, 9.17) is 5.11 Å². The molecule has 1 heterocycles. The fourth-order valence-corrected chi connectivity index (χ4v) is 2.33. The lowest BCUT2D eigenvalue weighted by molar-refractivity contribution is -0.144. The topological polar surface area (TPSA) is 69.6 Å². The quantitative estimate of drug-likeness (QED) is 0.777. The van der Waals surface area contributed by atoms with E-state index >= 15 is 0 Å². The lowest BCUT2D eigenvalue weighted by atomic mass is 9.87. The number of carbonyl (C=O) groups excluding carboxylic acids is 1. The highest BCUT2D eigenvalue weighted by Crippen LogP contribution is 2.24. The molecule has 0 aromatic carbocycles. The first-order valence-corrected chi connectivity index (χ1v) is 7.13. The molecule has 5 nitrogen and oxygen atoms in total. The molecule has 1 saturated heterocycles. The zero-order valence-corrected chi connectivity index (χ0v) is 12.3. The standard InChI is InChI=1S/C14H26N2O3/c1-5-9(2)6-10(3)15-14(19)16-7-12(8-16)11(4)13(17)18/h9-12H,5-8H2,1-4H3,(H,15,19)(H,17,18). The molecule has 0 bridgehead atoms. The smallest absolute Gasteiger partial charge is 0.317 e. The Labute approximate surface area is 115 Å². The van der Waals surface area contributed by atoms with Gasteiger partial charge in [0.25, 0.3) is 0 Å². The van der Waals surface area contributed by atoms with E-state index in [0.29, 0.717) is 19.0 Å². The van der Waals surface area contributed by atoms with Gasteiger partial charge in [0.05, 0.1) is 5.92 Å². The van der Waals surface area contributed by atoms with E-state index in [1.807, 2.05) is 6.92 Å². The first-order chi connectivity index (χ1) is 8.85. The number of likely N-dealkylation sites (tertiary alicyclic amines) is 1. The van der Waals surface area contributed by atoms with Gasteiger partial charge in [-0.3, -0.25) is 4.79 Å². The Kier molecular flexibility index (Phi) is 5.63. The second-order valence-corrected chi connectivity index (χ2v) is 5.89. The second-order valence-electron chi connectivity index (χ2n) is 5.89. The highest BCUT2D eigenvalue weighted by Gasteiger charge is 2.37. The van der Waals surface area contributed by atoms with Crippen molar-refractivity contribution in [1.29, 1.82) is 0 Å². The zero-order valence-electron chi connectivity index (χ0n) is 12.3. The molecule has 1 aliphatic heterocycles. The molecule has 0 radical (unpaired) electrons. The van der Waals surface area contributed by atoms with Crippen LogP contribution in [0.1, 0.15) is 40.5 Å². The van der Waals surface area contributed by atoms with Gasteiger partial charge in [0.1, 0.15) is 0 Å². The third-order valence-electron chi connectivity index (χ3n) is 4.12. The van der Waals surface area contributed by atoms with Crippen molar-refractivity contribution in [3.63, 3.8) is 0 Å². The number of rotatable bonds is 6. The summed E-state index contributed by atoms with van der Waals surface area (Å²) >= 11 is 0. The average molecular weight is 270 g/mol. The van der Waals surface area contributed by atoms with Gasteiger partial charge in [0.15, 0.2) is 0 Å². The highest BCUT2D eigenvalue weighted by atomic mass is 16.4. The molecular weight excluding hydrogens is 244 g/mol. The van der Waals surface area contributed by atoms with Crippen LogP contribution in [0.2, 0.25) is 0 Å². The summed E-state index contributed by atoms with van der Waals surface area (Å²) in [6, 6.07) is 0.100. The molecule has 110 valence electrons. The number of amides is 2. The van der Waals surface area contributed by atoms with Gasteiger partial charge >= 0.3 is 12.0 Å². The summed E-state index contributed by atoms with van der Waals surface area (Å²) < 4.78 is 0. The van der Waals surface area contributed by atoms with Gasteiger partial charge in [0, 0.05) is 25.0 Å². The number of carbonyl (C=O) groups is 2. The summed E-state index contributed by atoms with van der Waals surface area (Å²) in [4.78, 5) is 24.4. The minimum atomic E-state index is -0.782. The average Bonchev–Trinajstić information content (AvgIpc) is 2.25. The number of carboxylic acid groups (broad SMARTS) is 1. The Morgan fingerprint density at radius 1 is 1.32 bits per heavy atom. The molecule has 0 aliphatic carbocycles. The van der Waals surface area contributed by atoms with Crippen LogP contribution < -0.4 is 5.32 Å². The summed E-state index contributed by atoms with van der Waals surface area (Å²) in [5, 5.41) is 11.9. The van der Waals surface area contributed by atoms with Crippen LogP contribution in [-0.4, -0.2) is 41.1 Å². The van der Waals surface area contributed by atoms with E-state index < -0.39 is 5.97 Å². The minimum Gasteiger partial charge on any atom is -0.481 e. The fraction of sp³-hybridized carbons (Fsp3) is 0.857. The Bertz CT molecular complexity index is 327. The molecule has 1 rings (SSSR count). The molecule has 0 spiro atoms. The van der Waals surface area contributed by atoms with Crippen molar-refractivity contribution in [3.8, 4) is 0 Å². The molecule has 0 aromatic heterocycles. The van der Waals surface area contributed by atoms with Crippen molar-refractivity contribution in [2.45, 2.75) is 46.6 Å². The van der Waals surface area contributed by atoms with E-state index in [1.54, 1.807) is 11.8 Å². The molecule has 2 N–H and O–H groups in total. The minimum absolute atomic E-state index is 0.0651. The number of hydrogen-bond donors (Lipinski definition) is 2. The molecule has 1 aliphatic rings. The van der Waals surface area contributed by atoms with E-state index in [0.717, 1.165) is 12.8 Å². The Hall–Kier alpha value is -1.26. The molecule has 0 aromatic rings. The highest BCUT2D eigenvalue weighted by molar-refractivity contribution is 5.76. The first-order valence-electron chi connectivity index (χ1n) is 7.13. The fourth-order valence-electron chi connectivity index (χ4n) is 2.33. The van der Waals surface area contributed by atoms with Gasteiger partial charge in [-0.2, -0.15) is 0 Å². The summed E-state index contributed by atoms with van der Waals surface area (Å²) in [7, 11) is 0. The lowest BCUT2D eigenvalue weighted by Gasteiger charge is -2.41. The predicted molar refractivity (Wildman–Crippen MR) is 73.9 cm³/mol. The van der Waals surface area contributed by atoms with Gasteiger partial charge in [-0.1, -0.05) is 27.2 Å². The van der Waals surface area contributed by atoms with Crippen LogP contribution in [-0.2, 0) is 4.79 Å². The summed E-state index contributed by atoms with van der Waals surface area (Å²) in [5.74, 6) is -0.462. The number of nitrogens with one attached hydrogen (secondary N) is 1. The maximum absolute atomic E-state index is 11.9. The number of urea groups is 1. The lowest BCUT2D eigenvalue weighted by Crippen LogP contribution is -2.57. The number of nitrogens with zero attached hydrogens (tertiary/aromatic N) is 1. The van der Waals surface area contributed by atoms with Crippen LogP contribution in [0.25, 0.3) is 0 Å². The van der Waals surface area contributed by atoms with Crippen molar-refractivity contribution < 1.29 is 14.7 Å². The van der Waals surface area contributed by atoms with Crippen molar-refractivity contribution in [2.24, 2.45) is 17.8 Å². The molecule has 19 heavy (non-hydrogen) atoms. The molecular formula is C14H26N2O3. The van der Waals surface area contributed by atoms with Crippen LogP contribution in [0.15, 0.2) is 0 Å². The normalized spacial score (nSPS) is 20.3. The van der Waals surface area contributed by atoms with Crippen LogP contribution >= 0.6 is 0 Å².